The lowest BCUT2D eigenvalue weighted by Gasteiger charge is -2.68. The van der Waals surface area contributed by atoms with E-state index in [1.165, 1.54) is 44.9 Å². The van der Waals surface area contributed by atoms with Crippen molar-refractivity contribution in [2.24, 2.45) is 45.8 Å². The molecule has 0 unspecified atom stereocenters. The Hall–Kier alpha value is -0.153. The minimum Gasteiger partial charge on any atom is -0.414 e. The van der Waals surface area contributed by atoms with Gasteiger partial charge in [-0.3, -0.25) is 4.79 Å². The summed E-state index contributed by atoms with van der Waals surface area (Å²) in [6.45, 7) is 24.2. The average Bonchev–Trinajstić information content (AvgIpc) is 3.00. The van der Waals surface area contributed by atoms with Crippen molar-refractivity contribution in [1.29, 1.82) is 0 Å². The third kappa shape index (κ3) is 3.53. The maximum atomic E-state index is 12.6. The van der Waals surface area contributed by atoms with Crippen LogP contribution in [0.5, 0.6) is 0 Å². The maximum Gasteiger partial charge on any atom is 0.192 e. The van der Waals surface area contributed by atoms with E-state index in [0.29, 0.717) is 34.6 Å². The lowest BCUT2D eigenvalue weighted by atomic mass is 9.38. The van der Waals surface area contributed by atoms with Gasteiger partial charge in [-0.2, -0.15) is 0 Å². The molecule has 0 amide bonds. The van der Waals surface area contributed by atoms with E-state index in [9.17, 15) is 4.79 Å². The Labute approximate surface area is 200 Å². The van der Waals surface area contributed by atoms with Crippen LogP contribution in [0.3, 0.4) is 0 Å². The summed E-state index contributed by atoms with van der Waals surface area (Å²) < 4.78 is 7.37. The first-order valence-electron chi connectivity index (χ1n) is 13.7. The summed E-state index contributed by atoms with van der Waals surface area (Å²) in [7, 11) is -1.85. The average molecular weight is 461 g/mol. The Balaban J connectivity index is 1.75. The molecule has 0 heterocycles. The van der Waals surface area contributed by atoms with Crippen molar-refractivity contribution in [2.45, 2.75) is 131 Å². The number of ketones is 1. The first kappa shape index (κ1) is 25.0. The molecule has 4 fully saturated rings. The van der Waals surface area contributed by atoms with Crippen LogP contribution in [0.25, 0.3) is 0 Å². The molecule has 0 aromatic carbocycles. The molecular weight excluding hydrogens is 408 g/mol. The third-order valence-electron chi connectivity index (χ3n) is 12.2. The standard InChI is InChI=1S/C29H52O2Si/c1-19-13-15-28(7)22(17-19)23(31-32(9,10)26(3,4)5)18-29(8)24-12-11-21(20(2)30)27(24,6)16-14-25(28)29/h19,21-25H,11-18H2,1-10H3/t19-,21+,22+,23-,24+,25+,27+,28-,29-/m0/s1. The number of rotatable bonds is 3. The van der Waals surface area contributed by atoms with Crippen molar-refractivity contribution in [3.63, 3.8) is 0 Å². The largest absolute Gasteiger partial charge is 0.414 e. The molecule has 2 nitrogen and oxygen atoms in total. The highest BCUT2D eigenvalue weighted by Crippen LogP contribution is 2.73. The summed E-state index contributed by atoms with van der Waals surface area (Å²) in [4.78, 5) is 12.6. The molecule has 0 aromatic rings. The van der Waals surface area contributed by atoms with Crippen molar-refractivity contribution >= 4 is 14.1 Å². The summed E-state index contributed by atoms with van der Waals surface area (Å²) >= 11 is 0. The van der Waals surface area contributed by atoms with E-state index in [0.717, 1.165) is 18.3 Å². The fourth-order valence-corrected chi connectivity index (χ4v) is 10.9. The zero-order chi connectivity index (χ0) is 23.9. The first-order valence-corrected chi connectivity index (χ1v) is 16.7. The van der Waals surface area contributed by atoms with Crippen LogP contribution in [0.1, 0.15) is 107 Å². The van der Waals surface area contributed by atoms with Gasteiger partial charge in [-0.05, 0) is 110 Å². The number of fused-ring (bicyclic) bond motifs is 5. The van der Waals surface area contributed by atoms with Gasteiger partial charge in [0.1, 0.15) is 5.78 Å². The lowest BCUT2D eigenvalue weighted by Crippen LogP contribution is -2.64. The Morgan fingerprint density at radius 1 is 0.906 bits per heavy atom. The molecule has 3 heteroatoms. The van der Waals surface area contributed by atoms with Crippen molar-refractivity contribution < 1.29 is 9.22 Å². The minimum atomic E-state index is -1.85. The molecule has 0 radical (unpaired) electrons. The van der Waals surface area contributed by atoms with Gasteiger partial charge in [0.2, 0.25) is 0 Å². The van der Waals surface area contributed by atoms with Crippen molar-refractivity contribution in [1.82, 2.24) is 0 Å². The van der Waals surface area contributed by atoms with Gasteiger partial charge in [-0.25, -0.2) is 0 Å². The number of carbonyl (C=O) groups excluding carboxylic acids is 1. The van der Waals surface area contributed by atoms with E-state index in [4.69, 9.17) is 4.43 Å². The number of hydrogen-bond acceptors (Lipinski definition) is 2. The predicted molar refractivity (Wildman–Crippen MR) is 137 cm³/mol. The van der Waals surface area contributed by atoms with Gasteiger partial charge in [0, 0.05) is 12.0 Å². The van der Waals surface area contributed by atoms with Crippen LogP contribution in [0.4, 0.5) is 0 Å². The van der Waals surface area contributed by atoms with E-state index in [1.54, 1.807) is 0 Å². The number of Topliss-reactive ketones (excluding diaryl/α,β-unsaturated/α-hetero) is 1. The smallest absolute Gasteiger partial charge is 0.192 e. The van der Waals surface area contributed by atoms with Crippen LogP contribution in [0, 0.1) is 45.8 Å². The molecule has 4 aliphatic carbocycles. The molecule has 4 aliphatic rings. The maximum absolute atomic E-state index is 12.6. The topological polar surface area (TPSA) is 26.3 Å². The highest BCUT2D eigenvalue weighted by atomic mass is 28.4. The molecule has 32 heavy (non-hydrogen) atoms. The molecule has 184 valence electrons. The molecule has 0 aromatic heterocycles. The second kappa shape index (κ2) is 7.67. The summed E-state index contributed by atoms with van der Waals surface area (Å²) in [6, 6.07) is 0. The highest BCUT2D eigenvalue weighted by Gasteiger charge is 2.67. The van der Waals surface area contributed by atoms with Crippen LogP contribution in [-0.2, 0) is 9.22 Å². The van der Waals surface area contributed by atoms with Crippen LogP contribution in [-0.4, -0.2) is 20.2 Å². The van der Waals surface area contributed by atoms with E-state index in [1.807, 2.05) is 6.92 Å². The molecule has 9 atom stereocenters. The van der Waals surface area contributed by atoms with Crippen LogP contribution >= 0.6 is 0 Å². The zero-order valence-electron chi connectivity index (χ0n) is 22.9. The van der Waals surface area contributed by atoms with Crippen LogP contribution < -0.4 is 0 Å². The fourth-order valence-electron chi connectivity index (χ4n) is 9.56. The van der Waals surface area contributed by atoms with Crippen molar-refractivity contribution in [3.05, 3.63) is 0 Å². The van der Waals surface area contributed by atoms with Crippen molar-refractivity contribution in [3.8, 4) is 0 Å². The van der Waals surface area contributed by atoms with E-state index in [-0.39, 0.29) is 16.4 Å². The second-order valence-electron chi connectivity index (χ2n) is 15.0. The van der Waals surface area contributed by atoms with Gasteiger partial charge < -0.3 is 4.43 Å². The van der Waals surface area contributed by atoms with Gasteiger partial charge in [0.15, 0.2) is 8.32 Å². The summed E-state index contributed by atoms with van der Waals surface area (Å²) in [6.07, 6.45) is 10.7. The monoisotopic (exact) mass is 460 g/mol. The number of carbonyl (C=O) groups is 1. The summed E-state index contributed by atoms with van der Waals surface area (Å²) in [5.41, 5.74) is 0.891. The van der Waals surface area contributed by atoms with E-state index in [2.05, 4.69) is 61.6 Å². The summed E-state index contributed by atoms with van der Waals surface area (Å²) in [5.74, 6) is 3.71. The van der Waals surface area contributed by atoms with Gasteiger partial charge in [0.05, 0.1) is 0 Å². The quantitative estimate of drug-likeness (QED) is 0.396. The van der Waals surface area contributed by atoms with Gasteiger partial charge in [-0.15, -0.1) is 0 Å². The molecule has 0 aliphatic heterocycles. The predicted octanol–water partition coefficient (Wildman–Crippen LogP) is 8.26. The fraction of sp³-hybridized carbons (Fsp3) is 0.966. The SMILES string of the molecule is CC(=O)[C@H]1CC[C@H]2[C@]3(C)C[C@H](O[Si](C)(C)C(C)(C)C)[C@H]4C[C@@H](C)CC[C@]4(C)[C@H]3CC[C@@]21C. The zero-order valence-corrected chi connectivity index (χ0v) is 23.9. The Kier molecular flexibility index (Phi) is 5.98. The lowest BCUT2D eigenvalue weighted by molar-refractivity contribution is -0.203. The molecule has 0 bridgehead atoms. The van der Waals surface area contributed by atoms with Crippen LogP contribution in [0.15, 0.2) is 0 Å². The van der Waals surface area contributed by atoms with Gasteiger partial charge in [0.25, 0.3) is 0 Å². The molecule has 0 spiro atoms. The molecule has 0 saturated heterocycles. The van der Waals surface area contributed by atoms with Crippen molar-refractivity contribution in [2.75, 3.05) is 0 Å². The van der Waals surface area contributed by atoms with Gasteiger partial charge >= 0.3 is 0 Å². The Morgan fingerprint density at radius 3 is 2.09 bits per heavy atom. The molecule has 4 saturated carbocycles. The number of hydrogen-bond donors (Lipinski definition) is 0. The first-order chi connectivity index (χ1) is 14.6. The van der Waals surface area contributed by atoms with E-state index < -0.39 is 8.32 Å². The summed E-state index contributed by atoms with van der Waals surface area (Å²) in [5, 5.41) is 0.246. The van der Waals surface area contributed by atoms with Crippen LogP contribution in [0.2, 0.25) is 18.1 Å². The molecule has 4 rings (SSSR count). The third-order valence-corrected chi connectivity index (χ3v) is 16.7. The highest BCUT2D eigenvalue weighted by molar-refractivity contribution is 6.74. The Morgan fingerprint density at radius 2 is 1.50 bits per heavy atom. The van der Waals surface area contributed by atoms with E-state index >= 15 is 0 Å². The molecule has 0 N–H and O–H groups in total. The minimum absolute atomic E-state index is 0.198. The normalized spacial score (nSPS) is 49.2. The molecular formula is C29H52O2Si. The second-order valence-corrected chi connectivity index (χ2v) is 19.8. The Bertz CT molecular complexity index is 753. The van der Waals surface area contributed by atoms with Gasteiger partial charge in [-0.1, -0.05) is 54.9 Å².